The van der Waals surface area contributed by atoms with Crippen molar-refractivity contribution < 1.29 is 21.4 Å². The van der Waals surface area contributed by atoms with Crippen LogP contribution in [0.15, 0.2) is 64.0 Å². The molecule has 0 spiro atoms. The lowest BCUT2D eigenvalue weighted by Crippen LogP contribution is -2.38. The predicted molar refractivity (Wildman–Crippen MR) is 119 cm³/mol. The van der Waals surface area contributed by atoms with E-state index in [2.05, 4.69) is 14.9 Å². The van der Waals surface area contributed by atoms with Crippen molar-refractivity contribution in [1.82, 2.24) is 19.2 Å². The third kappa shape index (κ3) is 5.23. The van der Waals surface area contributed by atoms with E-state index in [1.54, 1.807) is 12.1 Å². The third-order valence-electron chi connectivity index (χ3n) is 5.38. The molecule has 1 aliphatic heterocycles. The molecule has 0 radical (unpaired) electrons. The average molecular weight is 477 g/mol. The van der Waals surface area contributed by atoms with Gasteiger partial charge in [-0.2, -0.15) is 4.98 Å². The molecule has 1 fully saturated rings. The maximum absolute atomic E-state index is 12.6. The van der Waals surface area contributed by atoms with Gasteiger partial charge in [0, 0.05) is 25.2 Å². The van der Waals surface area contributed by atoms with Gasteiger partial charge in [-0.3, -0.25) is 0 Å². The van der Waals surface area contributed by atoms with E-state index in [1.807, 2.05) is 30.3 Å². The highest BCUT2D eigenvalue weighted by Crippen LogP contribution is 2.28. The lowest BCUT2D eigenvalue weighted by molar-refractivity contribution is 0.266. The summed E-state index contributed by atoms with van der Waals surface area (Å²) in [5.74, 6) is 0.550. The van der Waals surface area contributed by atoms with Crippen molar-refractivity contribution in [2.24, 2.45) is 0 Å². The fourth-order valence-corrected chi connectivity index (χ4v) is 5.53. The molecule has 1 N–H and O–H groups in total. The third-order valence-corrected chi connectivity index (χ3v) is 8.06. The van der Waals surface area contributed by atoms with Crippen LogP contribution in [-0.2, 0) is 26.6 Å². The SMILES string of the molecule is CS(=O)(=O)N1CCC[C@@H](c2nc(-c3ccc(S(=O)(=O)NCc4ccccc4)cc3)no2)C1. The van der Waals surface area contributed by atoms with Crippen molar-refractivity contribution in [3.05, 3.63) is 66.1 Å². The summed E-state index contributed by atoms with van der Waals surface area (Å²) in [5, 5.41) is 4.00. The van der Waals surface area contributed by atoms with Crippen LogP contribution in [0.1, 0.15) is 30.2 Å². The number of nitrogens with zero attached hydrogens (tertiary/aromatic N) is 3. The molecule has 3 aromatic rings. The number of aromatic nitrogens is 2. The molecule has 1 atom stereocenters. The van der Waals surface area contributed by atoms with Crippen molar-refractivity contribution in [1.29, 1.82) is 0 Å². The Hall–Kier alpha value is -2.60. The van der Waals surface area contributed by atoms with Crippen LogP contribution in [0.3, 0.4) is 0 Å². The topological polar surface area (TPSA) is 122 Å². The minimum Gasteiger partial charge on any atom is -0.339 e. The fourth-order valence-electron chi connectivity index (χ4n) is 3.60. The Bertz CT molecular complexity index is 1270. The van der Waals surface area contributed by atoms with Gasteiger partial charge in [-0.25, -0.2) is 25.9 Å². The molecule has 9 nitrogen and oxygen atoms in total. The monoisotopic (exact) mass is 476 g/mol. The van der Waals surface area contributed by atoms with Crippen molar-refractivity contribution in [2.45, 2.75) is 30.2 Å². The van der Waals surface area contributed by atoms with Crippen molar-refractivity contribution in [2.75, 3.05) is 19.3 Å². The van der Waals surface area contributed by atoms with Gasteiger partial charge in [0.15, 0.2) is 0 Å². The summed E-state index contributed by atoms with van der Waals surface area (Å²) < 4.78 is 58.2. The molecule has 4 rings (SSSR count). The zero-order valence-electron chi connectivity index (χ0n) is 17.5. The number of rotatable bonds is 7. The Morgan fingerprint density at radius 3 is 2.47 bits per heavy atom. The number of piperidine rings is 1. The molecule has 170 valence electrons. The van der Waals surface area contributed by atoms with Crippen LogP contribution in [0, 0.1) is 0 Å². The van der Waals surface area contributed by atoms with Crippen molar-refractivity contribution in [3.8, 4) is 11.4 Å². The van der Waals surface area contributed by atoms with E-state index in [1.165, 1.54) is 22.7 Å². The molecule has 11 heteroatoms. The molecule has 0 aliphatic carbocycles. The smallest absolute Gasteiger partial charge is 0.240 e. The molecule has 0 unspecified atom stereocenters. The first kappa shape index (κ1) is 22.6. The van der Waals surface area contributed by atoms with Crippen molar-refractivity contribution >= 4 is 20.0 Å². The highest BCUT2D eigenvalue weighted by atomic mass is 32.2. The zero-order valence-corrected chi connectivity index (χ0v) is 19.1. The standard InChI is InChI=1S/C21H24N4O5S2/c1-31(26,27)25-13-5-8-18(15-25)21-23-20(24-30-21)17-9-11-19(12-10-17)32(28,29)22-14-16-6-3-2-4-7-16/h2-4,6-7,9-12,18,22H,5,8,13-15H2,1H3/t18-/m1/s1. The number of benzene rings is 2. The Morgan fingerprint density at radius 2 is 1.78 bits per heavy atom. The summed E-state index contributed by atoms with van der Waals surface area (Å²) >= 11 is 0. The average Bonchev–Trinajstić information content (AvgIpc) is 3.29. The molecule has 1 saturated heterocycles. The van der Waals surface area contributed by atoms with Crippen LogP contribution in [0.4, 0.5) is 0 Å². The molecule has 0 amide bonds. The molecule has 0 saturated carbocycles. The van der Waals surface area contributed by atoms with Gasteiger partial charge in [-0.15, -0.1) is 0 Å². The van der Waals surface area contributed by atoms with Crippen LogP contribution in [0.2, 0.25) is 0 Å². The highest BCUT2D eigenvalue weighted by molar-refractivity contribution is 7.89. The van der Waals surface area contributed by atoms with Crippen LogP contribution < -0.4 is 4.72 Å². The minimum atomic E-state index is -3.67. The highest BCUT2D eigenvalue weighted by Gasteiger charge is 2.30. The molecule has 2 heterocycles. The Kier molecular flexibility index (Phi) is 6.42. The van der Waals surface area contributed by atoms with Crippen molar-refractivity contribution in [3.63, 3.8) is 0 Å². The van der Waals surface area contributed by atoms with E-state index in [-0.39, 0.29) is 17.4 Å². The van der Waals surface area contributed by atoms with Crippen LogP contribution in [0.5, 0.6) is 0 Å². The zero-order chi connectivity index (χ0) is 22.8. The Balaban J connectivity index is 1.45. The van der Waals surface area contributed by atoms with E-state index < -0.39 is 20.0 Å². The fraction of sp³-hybridized carbons (Fsp3) is 0.333. The summed E-state index contributed by atoms with van der Waals surface area (Å²) in [4.78, 5) is 4.56. The summed E-state index contributed by atoms with van der Waals surface area (Å²) in [5.41, 5.74) is 1.47. The van der Waals surface area contributed by atoms with Gasteiger partial charge in [0.2, 0.25) is 31.8 Å². The summed E-state index contributed by atoms with van der Waals surface area (Å²) in [6, 6.07) is 15.5. The largest absolute Gasteiger partial charge is 0.339 e. The van der Waals surface area contributed by atoms with Gasteiger partial charge in [-0.1, -0.05) is 35.5 Å². The Morgan fingerprint density at radius 1 is 1.06 bits per heavy atom. The molecule has 32 heavy (non-hydrogen) atoms. The second-order valence-corrected chi connectivity index (χ2v) is 11.5. The first-order chi connectivity index (χ1) is 15.2. The minimum absolute atomic E-state index is 0.136. The van der Waals surface area contributed by atoms with E-state index in [9.17, 15) is 16.8 Å². The van der Waals surface area contributed by atoms with Gasteiger partial charge in [0.1, 0.15) is 0 Å². The predicted octanol–water partition coefficient (Wildman–Crippen LogP) is 2.35. The van der Waals surface area contributed by atoms with Crippen LogP contribution in [0.25, 0.3) is 11.4 Å². The van der Waals surface area contributed by atoms with Gasteiger partial charge >= 0.3 is 0 Å². The number of sulfonamides is 2. The first-order valence-corrected chi connectivity index (χ1v) is 13.5. The Labute approximate surface area is 187 Å². The van der Waals surface area contributed by atoms with Crippen LogP contribution in [-0.4, -0.2) is 50.6 Å². The molecule has 1 aromatic heterocycles. The van der Waals surface area contributed by atoms with E-state index in [0.29, 0.717) is 30.4 Å². The lowest BCUT2D eigenvalue weighted by atomic mass is 10.00. The van der Waals surface area contributed by atoms with E-state index in [4.69, 9.17) is 4.52 Å². The molecule has 1 aliphatic rings. The number of nitrogens with one attached hydrogen (secondary N) is 1. The maximum Gasteiger partial charge on any atom is 0.240 e. The van der Waals surface area contributed by atoms with E-state index >= 15 is 0 Å². The summed E-state index contributed by atoms with van der Waals surface area (Å²) in [7, 11) is -6.94. The molecule has 0 bridgehead atoms. The summed E-state index contributed by atoms with van der Waals surface area (Å²) in [6.45, 7) is 1.00. The summed E-state index contributed by atoms with van der Waals surface area (Å²) in [6.07, 6.45) is 2.68. The second-order valence-electron chi connectivity index (χ2n) is 7.75. The van der Waals surface area contributed by atoms with Gasteiger partial charge in [0.25, 0.3) is 0 Å². The van der Waals surface area contributed by atoms with Gasteiger partial charge < -0.3 is 4.52 Å². The number of hydrogen-bond acceptors (Lipinski definition) is 7. The number of hydrogen-bond donors (Lipinski definition) is 1. The van der Waals surface area contributed by atoms with Crippen LogP contribution >= 0.6 is 0 Å². The molecule has 2 aromatic carbocycles. The lowest BCUT2D eigenvalue weighted by Gasteiger charge is -2.28. The molecular weight excluding hydrogens is 452 g/mol. The first-order valence-electron chi connectivity index (χ1n) is 10.2. The van der Waals surface area contributed by atoms with Gasteiger partial charge in [0.05, 0.1) is 17.1 Å². The van der Waals surface area contributed by atoms with E-state index in [0.717, 1.165) is 18.4 Å². The second kappa shape index (κ2) is 9.10. The van der Waals surface area contributed by atoms with Gasteiger partial charge in [-0.05, 0) is 42.7 Å². The maximum atomic E-state index is 12.6. The molecular formula is C21H24N4O5S2. The normalized spacial score (nSPS) is 18.0. The quantitative estimate of drug-likeness (QED) is 0.555.